The molecule has 2 rings (SSSR count). The number of esters is 2. The lowest BCUT2D eigenvalue weighted by molar-refractivity contribution is 0.00743. The van der Waals surface area contributed by atoms with E-state index in [1.165, 1.54) is 0 Å². The highest BCUT2D eigenvalue weighted by Crippen LogP contribution is 2.21. The molecular weight excluding hydrogens is 368 g/mol. The van der Waals surface area contributed by atoms with E-state index in [9.17, 15) is 9.59 Å². The fraction of sp³-hybridized carbons (Fsp3) is 0.417. The van der Waals surface area contributed by atoms with E-state index in [1.807, 2.05) is 25.1 Å². The maximum atomic E-state index is 12.6. The van der Waals surface area contributed by atoms with Crippen molar-refractivity contribution in [2.75, 3.05) is 6.61 Å². The molecule has 156 valence electrons. The number of benzene rings is 2. The minimum Gasteiger partial charge on any atom is -0.493 e. The quantitative estimate of drug-likeness (QED) is 0.398. The first kappa shape index (κ1) is 22.5. The zero-order valence-electron chi connectivity index (χ0n) is 17.6. The van der Waals surface area contributed by atoms with Gasteiger partial charge in [0.05, 0.1) is 12.2 Å². The monoisotopic (exact) mass is 398 g/mol. The Bertz CT molecular complexity index is 814. The molecule has 5 nitrogen and oxygen atoms in total. The van der Waals surface area contributed by atoms with Gasteiger partial charge in [-0.2, -0.15) is 0 Å². The predicted molar refractivity (Wildman–Crippen MR) is 112 cm³/mol. The summed E-state index contributed by atoms with van der Waals surface area (Å²) in [6, 6.07) is 14.4. The molecular formula is C24H30O5. The van der Waals surface area contributed by atoms with E-state index >= 15 is 0 Å². The molecule has 0 aliphatic carbocycles. The van der Waals surface area contributed by atoms with Crippen LogP contribution in [-0.2, 0) is 9.47 Å². The normalized spacial score (nSPS) is 12.7. The van der Waals surface area contributed by atoms with Crippen LogP contribution < -0.4 is 4.74 Å². The summed E-state index contributed by atoms with van der Waals surface area (Å²) in [6.07, 6.45) is 1.54. The smallest absolute Gasteiger partial charge is 0.342 e. The van der Waals surface area contributed by atoms with Gasteiger partial charge in [-0.1, -0.05) is 43.7 Å². The van der Waals surface area contributed by atoms with Crippen LogP contribution in [0.15, 0.2) is 48.5 Å². The molecule has 0 fully saturated rings. The molecule has 2 atom stereocenters. The average molecular weight is 398 g/mol. The first-order chi connectivity index (χ1) is 13.9. The van der Waals surface area contributed by atoms with Crippen molar-refractivity contribution in [3.8, 4) is 5.75 Å². The largest absolute Gasteiger partial charge is 0.493 e. The van der Waals surface area contributed by atoms with Crippen LogP contribution in [0.4, 0.5) is 0 Å². The summed E-state index contributed by atoms with van der Waals surface area (Å²) in [4.78, 5) is 24.9. The van der Waals surface area contributed by atoms with Crippen LogP contribution in [0.2, 0.25) is 0 Å². The Morgan fingerprint density at radius 3 is 2.03 bits per heavy atom. The van der Waals surface area contributed by atoms with Gasteiger partial charge < -0.3 is 14.2 Å². The van der Waals surface area contributed by atoms with Crippen LogP contribution in [0.1, 0.15) is 66.3 Å². The molecule has 0 radical (unpaired) electrons. The fourth-order valence-electron chi connectivity index (χ4n) is 2.95. The van der Waals surface area contributed by atoms with Crippen molar-refractivity contribution >= 4 is 11.9 Å². The number of hydrogen-bond acceptors (Lipinski definition) is 5. The topological polar surface area (TPSA) is 61.8 Å². The van der Waals surface area contributed by atoms with Gasteiger partial charge in [-0.05, 0) is 51.0 Å². The molecule has 2 unspecified atom stereocenters. The van der Waals surface area contributed by atoms with E-state index < -0.39 is 12.1 Å². The Balaban J connectivity index is 1.90. The summed E-state index contributed by atoms with van der Waals surface area (Å²) in [7, 11) is 0. The molecule has 29 heavy (non-hydrogen) atoms. The average Bonchev–Trinajstić information content (AvgIpc) is 2.68. The van der Waals surface area contributed by atoms with E-state index in [2.05, 4.69) is 6.92 Å². The lowest BCUT2D eigenvalue weighted by atomic mass is 10.1. The van der Waals surface area contributed by atoms with Crippen molar-refractivity contribution in [2.45, 2.75) is 59.2 Å². The van der Waals surface area contributed by atoms with Crippen molar-refractivity contribution in [3.63, 3.8) is 0 Å². The highest BCUT2D eigenvalue weighted by molar-refractivity contribution is 5.92. The molecule has 0 aliphatic rings. The number of rotatable bonds is 10. The first-order valence-electron chi connectivity index (χ1n) is 10.1. The SMILES string of the molecule is CCCCOc1ccccc1C(=O)OC(C)CC(C)OC(=O)c1ccccc1C. The number of carbonyl (C=O) groups excluding carboxylic acids is 2. The molecule has 5 heteroatoms. The number of aryl methyl sites for hydroxylation is 1. The fourth-order valence-corrected chi connectivity index (χ4v) is 2.95. The van der Waals surface area contributed by atoms with Crippen LogP contribution >= 0.6 is 0 Å². The second kappa shape index (κ2) is 11.2. The lowest BCUT2D eigenvalue weighted by Crippen LogP contribution is -2.24. The van der Waals surface area contributed by atoms with Crippen molar-refractivity contribution < 1.29 is 23.8 Å². The van der Waals surface area contributed by atoms with Gasteiger partial charge in [-0.3, -0.25) is 0 Å². The molecule has 0 aromatic heterocycles. The third-order valence-corrected chi connectivity index (χ3v) is 4.51. The maximum absolute atomic E-state index is 12.6. The van der Waals surface area contributed by atoms with Crippen LogP contribution in [0.25, 0.3) is 0 Å². The molecule has 0 saturated heterocycles. The van der Waals surface area contributed by atoms with Crippen molar-refractivity contribution in [1.82, 2.24) is 0 Å². The molecule has 0 amide bonds. The van der Waals surface area contributed by atoms with Crippen LogP contribution in [0.3, 0.4) is 0 Å². The Hall–Kier alpha value is -2.82. The first-order valence-corrected chi connectivity index (χ1v) is 10.1. The van der Waals surface area contributed by atoms with Crippen molar-refractivity contribution in [2.24, 2.45) is 0 Å². The Morgan fingerprint density at radius 2 is 1.41 bits per heavy atom. The number of hydrogen-bond donors (Lipinski definition) is 0. The van der Waals surface area contributed by atoms with E-state index in [0.717, 1.165) is 18.4 Å². The van der Waals surface area contributed by atoms with Gasteiger partial charge >= 0.3 is 11.9 Å². The third-order valence-electron chi connectivity index (χ3n) is 4.51. The number of carbonyl (C=O) groups is 2. The van der Waals surface area contributed by atoms with Crippen LogP contribution in [0.5, 0.6) is 5.75 Å². The number of unbranched alkanes of at least 4 members (excludes halogenated alkanes) is 1. The summed E-state index contributed by atoms with van der Waals surface area (Å²) >= 11 is 0. The zero-order chi connectivity index (χ0) is 21.2. The summed E-state index contributed by atoms with van der Waals surface area (Å²) in [5.41, 5.74) is 1.81. The van der Waals surface area contributed by atoms with Gasteiger partial charge in [0.15, 0.2) is 0 Å². The summed E-state index contributed by atoms with van der Waals surface area (Å²) in [5.74, 6) is -0.289. The van der Waals surface area contributed by atoms with Gasteiger partial charge in [0.1, 0.15) is 23.5 Å². The second-order valence-corrected chi connectivity index (χ2v) is 7.18. The Kier molecular flexibility index (Phi) is 8.71. The van der Waals surface area contributed by atoms with Gasteiger partial charge in [0.2, 0.25) is 0 Å². The van der Waals surface area contributed by atoms with Gasteiger partial charge in [-0.25, -0.2) is 9.59 Å². The summed E-state index contributed by atoms with van der Waals surface area (Å²) in [5, 5.41) is 0. The third kappa shape index (κ3) is 6.93. The van der Waals surface area contributed by atoms with Gasteiger partial charge in [0, 0.05) is 6.42 Å². The minimum absolute atomic E-state index is 0.371. The lowest BCUT2D eigenvalue weighted by Gasteiger charge is -2.19. The Labute approximate surface area is 173 Å². The molecule has 2 aromatic carbocycles. The highest BCUT2D eigenvalue weighted by Gasteiger charge is 2.20. The molecule has 0 aliphatic heterocycles. The zero-order valence-corrected chi connectivity index (χ0v) is 17.6. The van der Waals surface area contributed by atoms with E-state index in [4.69, 9.17) is 14.2 Å². The van der Waals surface area contributed by atoms with Gasteiger partial charge in [-0.15, -0.1) is 0 Å². The summed E-state index contributed by atoms with van der Waals surface area (Å²) in [6.45, 7) is 8.09. The summed E-state index contributed by atoms with van der Waals surface area (Å²) < 4.78 is 16.8. The van der Waals surface area contributed by atoms with Gasteiger partial charge in [0.25, 0.3) is 0 Å². The van der Waals surface area contributed by atoms with Crippen molar-refractivity contribution in [3.05, 3.63) is 65.2 Å². The van der Waals surface area contributed by atoms with Crippen LogP contribution in [-0.4, -0.2) is 30.8 Å². The molecule has 2 aromatic rings. The maximum Gasteiger partial charge on any atom is 0.342 e. The highest BCUT2D eigenvalue weighted by atomic mass is 16.6. The minimum atomic E-state index is -0.443. The molecule has 0 saturated carbocycles. The van der Waals surface area contributed by atoms with E-state index in [-0.39, 0.29) is 12.1 Å². The number of para-hydroxylation sites is 1. The molecule has 0 heterocycles. The Morgan fingerprint density at radius 1 is 0.862 bits per heavy atom. The molecule has 0 N–H and O–H groups in total. The van der Waals surface area contributed by atoms with E-state index in [0.29, 0.717) is 29.9 Å². The predicted octanol–water partition coefficient (Wildman–Crippen LogP) is 5.35. The molecule has 0 bridgehead atoms. The standard InChI is InChI=1S/C24H30O5/c1-5-6-15-27-22-14-10-9-13-21(22)24(26)29-19(4)16-18(3)28-23(25)20-12-8-7-11-17(20)2/h7-14,18-19H,5-6,15-16H2,1-4H3. The second-order valence-electron chi connectivity index (χ2n) is 7.18. The van der Waals surface area contributed by atoms with E-state index in [1.54, 1.807) is 44.2 Å². The van der Waals surface area contributed by atoms with Crippen LogP contribution in [0, 0.1) is 6.92 Å². The molecule has 0 spiro atoms. The number of ether oxygens (including phenoxy) is 3. The van der Waals surface area contributed by atoms with Crippen molar-refractivity contribution in [1.29, 1.82) is 0 Å².